The van der Waals surface area contributed by atoms with Crippen LogP contribution in [0.4, 0.5) is 0 Å². The van der Waals surface area contributed by atoms with E-state index in [4.69, 9.17) is 13.9 Å². The summed E-state index contributed by atoms with van der Waals surface area (Å²) in [5.41, 5.74) is 0.429. The summed E-state index contributed by atoms with van der Waals surface area (Å²) < 4.78 is 17.2. The molecule has 132 valence electrons. The Bertz CT molecular complexity index is 738. The van der Waals surface area contributed by atoms with Crippen molar-refractivity contribution in [2.45, 2.75) is 37.9 Å². The highest BCUT2D eigenvalue weighted by molar-refractivity contribution is 5.92. The monoisotopic (exact) mass is 343 g/mol. The average molecular weight is 343 g/mol. The largest absolute Gasteiger partial charge is 0.472 e. The third-order valence-corrected chi connectivity index (χ3v) is 5.00. The molecule has 1 amide bonds. The quantitative estimate of drug-likeness (QED) is 0.850. The van der Waals surface area contributed by atoms with Gasteiger partial charge in [-0.1, -0.05) is 6.07 Å². The number of nitrogens with zero attached hydrogens (tertiary/aromatic N) is 3. The van der Waals surface area contributed by atoms with E-state index < -0.39 is 0 Å². The first-order chi connectivity index (χ1) is 12.2. The van der Waals surface area contributed by atoms with Crippen molar-refractivity contribution >= 4 is 5.91 Å². The number of pyridine rings is 1. The minimum absolute atomic E-state index is 0.00803. The average Bonchev–Trinajstić information content (AvgIpc) is 3.23. The van der Waals surface area contributed by atoms with E-state index in [1.54, 1.807) is 13.1 Å². The smallest absolute Gasteiger partial charge is 0.291 e. The van der Waals surface area contributed by atoms with Crippen LogP contribution in [0.3, 0.4) is 0 Å². The fraction of sp³-hybridized carbons (Fsp3) is 0.500. The molecule has 0 aromatic carbocycles. The second-order valence-corrected chi connectivity index (χ2v) is 6.67. The van der Waals surface area contributed by atoms with E-state index >= 15 is 0 Å². The lowest BCUT2D eigenvalue weighted by Gasteiger charge is -2.38. The molecule has 7 nitrogen and oxygen atoms in total. The number of oxazole rings is 1. The van der Waals surface area contributed by atoms with Crippen LogP contribution >= 0.6 is 0 Å². The van der Waals surface area contributed by atoms with Gasteiger partial charge in [0.1, 0.15) is 6.10 Å². The van der Waals surface area contributed by atoms with Crippen LogP contribution in [0.5, 0.6) is 5.88 Å². The van der Waals surface area contributed by atoms with Gasteiger partial charge in [-0.15, -0.1) is 0 Å². The van der Waals surface area contributed by atoms with Gasteiger partial charge in [-0.3, -0.25) is 4.79 Å². The van der Waals surface area contributed by atoms with E-state index in [2.05, 4.69) is 9.97 Å². The van der Waals surface area contributed by atoms with Gasteiger partial charge in [0.15, 0.2) is 6.39 Å². The van der Waals surface area contributed by atoms with Crippen molar-refractivity contribution in [1.29, 1.82) is 0 Å². The van der Waals surface area contributed by atoms with Crippen LogP contribution in [-0.4, -0.2) is 52.2 Å². The van der Waals surface area contributed by atoms with Gasteiger partial charge < -0.3 is 18.8 Å². The molecule has 2 aliphatic rings. The van der Waals surface area contributed by atoms with E-state index in [1.165, 1.54) is 6.39 Å². The molecule has 2 aromatic rings. The van der Waals surface area contributed by atoms with Crippen LogP contribution in [-0.2, 0) is 4.74 Å². The highest BCUT2D eigenvalue weighted by Crippen LogP contribution is 2.37. The maximum Gasteiger partial charge on any atom is 0.291 e. The Morgan fingerprint density at radius 3 is 2.84 bits per heavy atom. The topological polar surface area (TPSA) is 77.7 Å². The molecule has 2 aromatic heterocycles. The molecule has 0 bridgehead atoms. The molecule has 0 N–H and O–H groups in total. The third kappa shape index (κ3) is 3.24. The van der Waals surface area contributed by atoms with Crippen LogP contribution in [0.15, 0.2) is 35.2 Å². The normalized spacial score (nSPS) is 22.3. The van der Waals surface area contributed by atoms with Gasteiger partial charge in [0.25, 0.3) is 5.91 Å². The minimum Gasteiger partial charge on any atom is -0.472 e. The zero-order valence-electron chi connectivity index (χ0n) is 14.2. The molecular weight excluding hydrogens is 322 g/mol. The number of aromatic nitrogens is 2. The molecule has 0 radical (unpaired) electrons. The number of amides is 1. The summed E-state index contributed by atoms with van der Waals surface area (Å²) >= 11 is 0. The summed E-state index contributed by atoms with van der Waals surface area (Å²) in [5, 5.41) is 0. The standard InChI is InChI=1S/C18H21N3O4/c1-13-16(23-12-20-13)17(22)21-8-5-18(6-9-21)10-14(11-24-18)25-15-4-2-3-7-19-15/h2-4,7,12,14H,5-6,8-11H2,1H3/t14-/m0/s1. The van der Waals surface area contributed by atoms with Gasteiger partial charge >= 0.3 is 0 Å². The Balaban J connectivity index is 1.34. The number of carbonyl (C=O) groups is 1. The van der Waals surface area contributed by atoms with Crippen LogP contribution < -0.4 is 4.74 Å². The Morgan fingerprint density at radius 1 is 1.32 bits per heavy atom. The van der Waals surface area contributed by atoms with E-state index in [0.29, 0.717) is 37.0 Å². The van der Waals surface area contributed by atoms with Crippen molar-refractivity contribution in [1.82, 2.24) is 14.9 Å². The Labute approximate surface area is 146 Å². The van der Waals surface area contributed by atoms with Gasteiger partial charge in [-0.05, 0) is 25.8 Å². The molecule has 2 saturated heterocycles. The third-order valence-electron chi connectivity index (χ3n) is 5.00. The number of hydrogen-bond donors (Lipinski definition) is 0. The summed E-state index contributed by atoms with van der Waals surface area (Å²) in [6, 6.07) is 5.62. The highest BCUT2D eigenvalue weighted by atomic mass is 16.6. The van der Waals surface area contributed by atoms with Crippen LogP contribution in [0.1, 0.15) is 35.5 Å². The van der Waals surface area contributed by atoms with Crippen LogP contribution in [0, 0.1) is 6.92 Å². The number of aryl methyl sites for hydroxylation is 1. The fourth-order valence-corrected chi connectivity index (χ4v) is 3.58. The summed E-state index contributed by atoms with van der Waals surface area (Å²) in [4.78, 5) is 22.5. The van der Waals surface area contributed by atoms with Gasteiger partial charge in [0.2, 0.25) is 11.6 Å². The summed E-state index contributed by atoms with van der Waals surface area (Å²) in [6.45, 7) is 3.64. The fourth-order valence-electron chi connectivity index (χ4n) is 3.58. The number of ether oxygens (including phenoxy) is 2. The second-order valence-electron chi connectivity index (χ2n) is 6.67. The molecule has 0 unspecified atom stereocenters. The molecule has 2 aliphatic heterocycles. The van der Waals surface area contributed by atoms with Crippen molar-refractivity contribution in [2.75, 3.05) is 19.7 Å². The van der Waals surface area contributed by atoms with E-state index in [9.17, 15) is 4.79 Å². The molecule has 25 heavy (non-hydrogen) atoms. The molecule has 2 fully saturated rings. The van der Waals surface area contributed by atoms with Gasteiger partial charge in [0.05, 0.1) is 17.9 Å². The lowest BCUT2D eigenvalue weighted by atomic mass is 9.88. The first kappa shape index (κ1) is 16.1. The predicted octanol–water partition coefficient (Wildman–Crippen LogP) is 2.22. The first-order valence-corrected chi connectivity index (χ1v) is 8.56. The van der Waals surface area contributed by atoms with E-state index in [0.717, 1.165) is 19.3 Å². The van der Waals surface area contributed by atoms with Crippen LogP contribution in [0.25, 0.3) is 0 Å². The van der Waals surface area contributed by atoms with E-state index in [-0.39, 0.29) is 17.6 Å². The van der Waals surface area contributed by atoms with Crippen molar-refractivity contribution in [3.63, 3.8) is 0 Å². The Hall–Kier alpha value is -2.41. The number of carbonyl (C=O) groups excluding carboxylic acids is 1. The molecule has 4 rings (SSSR count). The van der Waals surface area contributed by atoms with Crippen molar-refractivity contribution in [3.05, 3.63) is 42.2 Å². The highest BCUT2D eigenvalue weighted by Gasteiger charge is 2.44. The van der Waals surface area contributed by atoms with Gasteiger partial charge in [-0.25, -0.2) is 9.97 Å². The maximum atomic E-state index is 12.5. The van der Waals surface area contributed by atoms with Crippen molar-refractivity contribution < 1.29 is 18.7 Å². The summed E-state index contributed by atoms with van der Waals surface area (Å²) in [7, 11) is 0. The van der Waals surface area contributed by atoms with Gasteiger partial charge in [0, 0.05) is 31.8 Å². The van der Waals surface area contributed by atoms with Crippen molar-refractivity contribution in [2.24, 2.45) is 0 Å². The first-order valence-electron chi connectivity index (χ1n) is 8.56. The summed E-state index contributed by atoms with van der Waals surface area (Å²) in [5.74, 6) is 0.866. The summed E-state index contributed by atoms with van der Waals surface area (Å²) in [6.07, 6.45) is 5.47. The zero-order valence-corrected chi connectivity index (χ0v) is 14.2. The number of hydrogen-bond acceptors (Lipinski definition) is 6. The van der Waals surface area contributed by atoms with Crippen LogP contribution in [0.2, 0.25) is 0 Å². The zero-order chi connectivity index (χ0) is 17.3. The molecule has 7 heteroatoms. The Kier molecular flexibility index (Phi) is 4.17. The van der Waals surface area contributed by atoms with Gasteiger partial charge in [-0.2, -0.15) is 0 Å². The molecule has 4 heterocycles. The Morgan fingerprint density at radius 2 is 2.16 bits per heavy atom. The SMILES string of the molecule is Cc1ncoc1C(=O)N1CCC2(CC1)C[C@H](Oc1ccccn1)CO2. The molecule has 0 aliphatic carbocycles. The number of likely N-dealkylation sites (tertiary alicyclic amines) is 1. The number of piperidine rings is 1. The van der Waals surface area contributed by atoms with Crippen molar-refractivity contribution in [3.8, 4) is 5.88 Å². The molecule has 1 atom stereocenters. The lowest BCUT2D eigenvalue weighted by molar-refractivity contribution is -0.0400. The lowest BCUT2D eigenvalue weighted by Crippen LogP contribution is -2.46. The molecule has 0 saturated carbocycles. The maximum absolute atomic E-state index is 12.5. The molecular formula is C18H21N3O4. The second kappa shape index (κ2) is 6.48. The minimum atomic E-state index is -0.202. The molecule has 1 spiro atoms. The predicted molar refractivity (Wildman–Crippen MR) is 88.3 cm³/mol. The number of rotatable bonds is 3. The van der Waals surface area contributed by atoms with E-state index in [1.807, 2.05) is 23.1 Å².